The molecule has 0 aliphatic heterocycles. The lowest BCUT2D eigenvalue weighted by atomic mass is 10.1. The van der Waals surface area contributed by atoms with Gasteiger partial charge in [0.1, 0.15) is 12.4 Å². The Hall–Kier alpha value is -2.01. The summed E-state index contributed by atoms with van der Waals surface area (Å²) in [5.41, 5.74) is 1.53. The molecule has 120 valence electrons. The van der Waals surface area contributed by atoms with E-state index in [1.54, 1.807) is 6.07 Å². The Morgan fingerprint density at radius 3 is 2.64 bits per heavy atom. The number of carbonyl (C=O) groups excluding carboxylic acids is 1. The van der Waals surface area contributed by atoms with Crippen molar-refractivity contribution >= 4 is 16.9 Å². The van der Waals surface area contributed by atoms with Crippen molar-refractivity contribution in [1.29, 1.82) is 0 Å². The number of benzene rings is 1. The molecule has 2 aromatic rings. The van der Waals surface area contributed by atoms with Crippen LogP contribution >= 0.6 is 0 Å². The standard InChI is InChI=1S/C17H24N2O3/c1-12(2)19-11-15(22-10-9-18(3)4)16-13(17(20)21-5)7-6-8-14(16)19/h6-8,11-12H,9-10H2,1-5H3. The zero-order valence-corrected chi connectivity index (χ0v) is 13.9. The molecule has 0 aliphatic rings. The maximum absolute atomic E-state index is 12.0. The minimum Gasteiger partial charge on any atom is -0.490 e. The van der Waals surface area contributed by atoms with Crippen LogP contribution in [0.2, 0.25) is 0 Å². The van der Waals surface area contributed by atoms with Crippen molar-refractivity contribution < 1.29 is 14.3 Å². The lowest BCUT2D eigenvalue weighted by Crippen LogP contribution is -2.19. The first-order chi connectivity index (χ1) is 10.5. The van der Waals surface area contributed by atoms with Gasteiger partial charge in [-0.1, -0.05) is 6.07 Å². The lowest BCUT2D eigenvalue weighted by Gasteiger charge is -2.11. The van der Waals surface area contributed by atoms with E-state index < -0.39 is 0 Å². The van der Waals surface area contributed by atoms with E-state index in [-0.39, 0.29) is 12.0 Å². The molecule has 22 heavy (non-hydrogen) atoms. The number of nitrogens with zero attached hydrogens (tertiary/aromatic N) is 2. The van der Waals surface area contributed by atoms with E-state index in [4.69, 9.17) is 9.47 Å². The third-order valence-electron chi connectivity index (χ3n) is 3.58. The second-order valence-electron chi connectivity index (χ2n) is 5.84. The van der Waals surface area contributed by atoms with Gasteiger partial charge in [0.15, 0.2) is 0 Å². The number of hydrogen-bond donors (Lipinski definition) is 0. The Morgan fingerprint density at radius 2 is 2.05 bits per heavy atom. The Balaban J connectivity index is 2.51. The number of fused-ring (bicyclic) bond motifs is 1. The third kappa shape index (κ3) is 3.25. The van der Waals surface area contributed by atoms with E-state index in [9.17, 15) is 4.79 Å². The molecule has 0 N–H and O–H groups in total. The van der Waals surface area contributed by atoms with Crippen molar-refractivity contribution in [3.8, 4) is 5.75 Å². The quantitative estimate of drug-likeness (QED) is 0.770. The minimum atomic E-state index is -0.343. The SMILES string of the molecule is COC(=O)c1cccc2c1c(OCCN(C)C)cn2C(C)C. The van der Waals surface area contributed by atoms with Crippen LogP contribution in [-0.4, -0.2) is 49.8 Å². The molecular formula is C17H24N2O3. The van der Waals surface area contributed by atoms with Gasteiger partial charge in [0.25, 0.3) is 0 Å². The normalized spacial score (nSPS) is 11.4. The monoisotopic (exact) mass is 304 g/mol. The van der Waals surface area contributed by atoms with E-state index in [2.05, 4.69) is 23.3 Å². The van der Waals surface area contributed by atoms with E-state index in [1.165, 1.54) is 7.11 Å². The Morgan fingerprint density at radius 1 is 1.32 bits per heavy atom. The van der Waals surface area contributed by atoms with Crippen LogP contribution in [0.3, 0.4) is 0 Å². The number of likely N-dealkylation sites (N-methyl/N-ethyl adjacent to an activating group) is 1. The zero-order chi connectivity index (χ0) is 16.3. The molecule has 0 unspecified atom stereocenters. The minimum absolute atomic E-state index is 0.279. The Labute approximate surface area is 131 Å². The molecule has 0 amide bonds. The van der Waals surface area contributed by atoms with Gasteiger partial charge in [-0.15, -0.1) is 0 Å². The zero-order valence-electron chi connectivity index (χ0n) is 13.9. The number of rotatable bonds is 6. The van der Waals surface area contributed by atoms with E-state index >= 15 is 0 Å². The molecule has 1 aromatic carbocycles. The van der Waals surface area contributed by atoms with Crippen molar-refractivity contribution in [2.24, 2.45) is 0 Å². The van der Waals surface area contributed by atoms with Crippen molar-refractivity contribution in [1.82, 2.24) is 9.47 Å². The van der Waals surface area contributed by atoms with Gasteiger partial charge in [0.05, 0.1) is 23.6 Å². The number of esters is 1. The van der Waals surface area contributed by atoms with Gasteiger partial charge in [-0.25, -0.2) is 4.79 Å². The fourth-order valence-corrected chi connectivity index (χ4v) is 2.43. The predicted octanol–water partition coefficient (Wildman–Crippen LogP) is 2.95. The van der Waals surface area contributed by atoms with E-state index in [0.717, 1.165) is 23.2 Å². The summed E-state index contributed by atoms with van der Waals surface area (Å²) < 4.78 is 12.9. The summed E-state index contributed by atoms with van der Waals surface area (Å²) in [6.45, 7) is 5.59. The summed E-state index contributed by atoms with van der Waals surface area (Å²) in [5, 5.41) is 0.821. The maximum Gasteiger partial charge on any atom is 0.338 e. The van der Waals surface area contributed by atoms with Crippen LogP contribution < -0.4 is 4.74 Å². The maximum atomic E-state index is 12.0. The molecule has 0 saturated heterocycles. The highest BCUT2D eigenvalue weighted by Gasteiger charge is 2.19. The number of hydrogen-bond acceptors (Lipinski definition) is 4. The van der Waals surface area contributed by atoms with Gasteiger partial charge in [0.2, 0.25) is 0 Å². The van der Waals surface area contributed by atoms with Crippen molar-refractivity contribution in [3.05, 3.63) is 30.0 Å². The van der Waals surface area contributed by atoms with Crippen LogP contribution in [0, 0.1) is 0 Å². The number of methoxy groups -OCH3 is 1. The highest BCUT2D eigenvalue weighted by atomic mass is 16.5. The second-order valence-corrected chi connectivity index (χ2v) is 5.84. The van der Waals surface area contributed by atoms with Crippen LogP contribution in [0.15, 0.2) is 24.4 Å². The van der Waals surface area contributed by atoms with Crippen LogP contribution in [-0.2, 0) is 4.74 Å². The molecule has 0 bridgehead atoms. The van der Waals surface area contributed by atoms with Crippen molar-refractivity contribution in [2.75, 3.05) is 34.4 Å². The highest BCUT2D eigenvalue weighted by Crippen LogP contribution is 2.33. The lowest BCUT2D eigenvalue weighted by molar-refractivity contribution is 0.0602. The van der Waals surface area contributed by atoms with Gasteiger partial charge in [-0.3, -0.25) is 0 Å². The summed E-state index contributed by atoms with van der Waals surface area (Å²) in [5.74, 6) is 0.385. The number of ether oxygens (including phenoxy) is 2. The fraction of sp³-hybridized carbons (Fsp3) is 0.471. The summed E-state index contributed by atoms with van der Waals surface area (Å²) in [6.07, 6.45) is 1.97. The Kier molecular flexibility index (Phi) is 5.08. The number of aromatic nitrogens is 1. The smallest absolute Gasteiger partial charge is 0.338 e. The molecule has 0 spiro atoms. The van der Waals surface area contributed by atoms with Crippen molar-refractivity contribution in [2.45, 2.75) is 19.9 Å². The molecule has 0 atom stereocenters. The first-order valence-electron chi connectivity index (χ1n) is 7.45. The molecule has 2 rings (SSSR count). The fourth-order valence-electron chi connectivity index (χ4n) is 2.43. The molecule has 1 aromatic heterocycles. The summed E-state index contributed by atoms with van der Waals surface area (Å²) in [6, 6.07) is 5.93. The molecule has 0 fully saturated rings. The number of carbonyl (C=O) groups is 1. The summed E-state index contributed by atoms with van der Waals surface area (Å²) in [4.78, 5) is 14.1. The van der Waals surface area contributed by atoms with Gasteiger partial charge in [-0.2, -0.15) is 0 Å². The molecule has 0 radical (unpaired) electrons. The van der Waals surface area contributed by atoms with Crippen LogP contribution in [0.1, 0.15) is 30.2 Å². The first kappa shape index (κ1) is 16.4. The van der Waals surface area contributed by atoms with Gasteiger partial charge in [0, 0.05) is 18.8 Å². The van der Waals surface area contributed by atoms with Crippen LogP contribution in [0.5, 0.6) is 5.75 Å². The second kappa shape index (κ2) is 6.83. The van der Waals surface area contributed by atoms with Gasteiger partial charge < -0.3 is 18.9 Å². The van der Waals surface area contributed by atoms with Crippen LogP contribution in [0.25, 0.3) is 10.9 Å². The molecule has 0 saturated carbocycles. The predicted molar refractivity (Wildman–Crippen MR) is 87.7 cm³/mol. The van der Waals surface area contributed by atoms with E-state index in [1.807, 2.05) is 32.4 Å². The van der Waals surface area contributed by atoms with Crippen LogP contribution in [0.4, 0.5) is 0 Å². The van der Waals surface area contributed by atoms with E-state index in [0.29, 0.717) is 12.2 Å². The third-order valence-corrected chi connectivity index (χ3v) is 3.58. The first-order valence-corrected chi connectivity index (χ1v) is 7.45. The molecule has 0 aliphatic carbocycles. The average Bonchev–Trinajstić information content (AvgIpc) is 2.85. The van der Waals surface area contributed by atoms with Gasteiger partial charge >= 0.3 is 5.97 Å². The Bertz CT molecular complexity index is 659. The molecule has 5 heteroatoms. The van der Waals surface area contributed by atoms with Gasteiger partial charge in [-0.05, 0) is 40.1 Å². The highest BCUT2D eigenvalue weighted by molar-refractivity contribution is 6.06. The molecule has 5 nitrogen and oxygen atoms in total. The topological polar surface area (TPSA) is 43.7 Å². The average molecular weight is 304 g/mol. The molecule has 1 heterocycles. The molecular weight excluding hydrogens is 280 g/mol. The van der Waals surface area contributed by atoms with Crippen molar-refractivity contribution in [3.63, 3.8) is 0 Å². The largest absolute Gasteiger partial charge is 0.490 e. The summed E-state index contributed by atoms with van der Waals surface area (Å²) in [7, 11) is 5.40. The summed E-state index contributed by atoms with van der Waals surface area (Å²) >= 11 is 0.